The Balaban J connectivity index is 1.02. The minimum atomic E-state index is 0.0501. The average Bonchev–Trinajstić information content (AvgIpc) is 3.16. The van der Waals surface area contributed by atoms with Gasteiger partial charge in [-0.3, -0.25) is 0 Å². The van der Waals surface area contributed by atoms with Gasteiger partial charge in [0.15, 0.2) is 0 Å². The maximum Gasteiger partial charge on any atom is 0.317 e. The second kappa shape index (κ2) is 8.04. The van der Waals surface area contributed by atoms with E-state index in [1.165, 1.54) is 67.8 Å². The van der Waals surface area contributed by atoms with Crippen molar-refractivity contribution in [1.82, 2.24) is 15.1 Å². The zero-order chi connectivity index (χ0) is 20.7. The van der Waals surface area contributed by atoms with Crippen LogP contribution in [0.3, 0.4) is 0 Å². The van der Waals surface area contributed by atoms with Gasteiger partial charge in [0.2, 0.25) is 0 Å². The summed E-state index contributed by atoms with van der Waals surface area (Å²) in [5.41, 5.74) is 1.97. The molecule has 6 heteroatoms. The van der Waals surface area contributed by atoms with Gasteiger partial charge in [-0.05, 0) is 68.1 Å². The fraction of sp³-hybridized carbons (Fsp3) is 0.625. The van der Waals surface area contributed by atoms with Crippen LogP contribution in [0.5, 0.6) is 0 Å². The Morgan fingerprint density at radius 3 is 2.63 bits per heavy atom. The molecule has 5 rings (SSSR count). The van der Waals surface area contributed by atoms with Crippen LogP contribution in [-0.2, 0) is 0 Å². The van der Waals surface area contributed by atoms with Gasteiger partial charge in [-0.1, -0.05) is 6.07 Å². The summed E-state index contributed by atoms with van der Waals surface area (Å²) in [6.07, 6.45) is 6.11. The molecule has 2 aliphatic heterocycles. The lowest BCUT2D eigenvalue weighted by atomic mass is 9.72. The van der Waals surface area contributed by atoms with E-state index < -0.39 is 0 Å². The number of hydrogen-bond acceptors (Lipinski definition) is 4. The number of nitrogens with one attached hydrogen (secondary N) is 1. The van der Waals surface area contributed by atoms with E-state index in [2.05, 4.69) is 44.8 Å². The standard InChI is InChI=1S/C24H34N4OS/c1-26(2)23(29)25-19-8-6-18(7-9-19)10-12-27-14-24(15-27)16-28(17-24)21-4-3-5-22-20(21)11-13-30-22/h3-5,11,13,18-19H,6-10,12,14-17H2,1-2H3,(H,25,29)/t18-,19-. The Labute approximate surface area is 184 Å². The Kier molecular flexibility index (Phi) is 5.40. The van der Waals surface area contributed by atoms with Gasteiger partial charge in [-0.25, -0.2) is 4.79 Å². The quantitative estimate of drug-likeness (QED) is 0.777. The van der Waals surface area contributed by atoms with E-state index in [0.29, 0.717) is 11.5 Å². The van der Waals surface area contributed by atoms with Gasteiger partial charge in [-0.2, -0.15) is 0 Å². The van der Waals surface area contributed by atoms with E-state index in [0.717, 1.165) is 18.8 Å². The number of amides is 2. The summed E-state index contributed by atoms with van der Waals surface area (Å²) >= 11 is 1.84. The zero-order valence-corrected chi connectivity index (χ0v) is 19.1. The third-order valence-electron chi connectivity index (χ3n) is 7.42. The molecule has 30 heavy (non-hydrogen) atoms. The highest BCUT2D eigenvalue weighted by Gasteiger charge is 2.51. The Bertz CT molecular complexity index is 887. The third kappa shape index (κ3) is 3.92. The van der Waals surface area contributed by atoms with Crippen molar-refractivity contribution in [3.05, 3.63) is 29.6 Å². The molecule has 0 radical (unpaired) electrons. The van der Waals surface area contributed by atoms with Crippen LogP contribution in [0.4, 0.5) is 10.5 Å². The molecular weight excluding hydrogens is 392 g/mol. The van der Waals surface area contributed by atoms with Gasteiger partial charge in [0.25, 0.3) is 0 Å². The molecule has 1 spiro atoms. The molecule has 0 bridgehead atoms. The van der Waals surface area contributed by atoms with E-state index in [9.17, 15) is 4.79 Å². The number of urea groups is 1. The second-order valence-corrected chi connectivity index (χ2v) is 11.0. The number of nitrogens with zero attached hydrogens (tertiary/aromatic N) is 3. The molecule has 1 aromatic carbocycles. The summed E-state index contributed by atoms with van der Waals surface area (Å²) in [6, 6.07) is 9.41. The van der Waals surface area contributed by atoms with Crippen molar-refractivity contribution in [2.24, 2.45) is 11.3 Å². The average molecular weight is 427 g/mol. The van der Waals surface area contributed by atoms with Gasteiger partial charge in [0.1, 0.15) is 0 Å². The van der Waals surface area contributed by atoms with Crippen molar-refractivity contribution in [1.29, 1.82) is 0 Å². The number of carbonyl (C=O) groups is 1. The van der Waals surface area contributed by atoms with E-state index in [1.54, 1.807) is 4.90 Å². The normalized spacial score (nSPS) is 25.7. The highest BCUT2D eigenvalue weighted by Crippen LogP contribution is 2.44. The lowest BCUT2D eigenvalue weighted by Crippen LogP contribution is -2.72. The molecule has 3 fully saturated rings. The predicted molar refractivity (Wildman–Crippen MR) is 125 cm³/mol. The van der Waals surface area contributed by atoms with Crippen LogP contribution in [0.1, 0.15) is 32.1 Å². The van der Waals surface area contributed by atoms with Crippen molar-refractivity contribution in [2.75, 3.05) is 51.7 Å². The van der Waals surface area contributed by atoms with Gasteiger partial charge in [0.05, 0.1) is 0 Å². The molecule has 1 N–H and O–H groups in total. The SMILES string of the molecule is CN(C)C(=O)N[C@H]1CC[C@H](CCN2CC3(C2)CN(c2cccc4sccc24)C3)CC1. The van der Waals surface area contributed by atoms with E-state index in [-0.39, 0.29) is 6.03 Å². The number of rotatable bonds is 5. The van der Waals surface area contributed by atoms with Gasteiger partial charge in [0, 0.05) is 67.5 Å². The minimum absolute atomic E-state index is 0.0501. The molecule has 1 saturated carbocycles. The van der Waals surface area contributed by atoms with Crippen molar-refractivity contribution in [3.8, 4) is 0 Å². The van der Waals surface area contributed by atoms with Crippen molar-refractivity contribution >= 4 is 33.1 Å². The maximum atomic E-state index is 11.8. The van der Waals surface area contributed by atoms with E-state index >= 15 is 0 Å². The summed E-state index contributed by atoms with van der Waals surface area (Å²) < 4.78 is 1.40. The summed E-state index contributed by atoms with van der Waals surface area (Å²) in [6.45, 7) is 6.24. The van der Waals surface area contributed by atoms with E-state index in [4.69, 9.17) is 0 Å². The Morgan fingerprint density at radius 1 is 1.13 bits per heavy atom. The highest BCUT2D eigenvalue weighted by atomic mass is 32.1. The first kappa shape index (κ1) is 20.1. The fourth-order valence-electron chi connectivity index (χ4n) is 5.71. The van der Waals surface area contributed by atoms with Crippen LogP contribution >= 0.6 is 11.3 Å². The number of benzene rings is 1. The molecule has 1 aliphatic carbocycles. The number of anilines is 1. The minimum Gasteiger partial charge on any atom is -0.370 e. The first-order valence-corrected chi connectivity index (χ1v) is 12.3. The fourth-order valence-corrected chi connectivity index (χ4v) is 6.52. The molecule has 2 saturated heterocycles. The van der Waals surface area contributed by atoms with Crippen LogP contribution in [0.25, 0.3) is 10.1 Å². The molecule has 3 heterocycles. The Hall–Kier alpha value is -1.79. The summed E-state index contributed by atoms with van der Waals surface area (Å²) in [5, 5.41) is 6.78. The summed E-state index contributed by atoms with van der Waals surface area (Å²) in [4.78, 5) is 18.7. The molecule has 162 valence electrons. The maximum absolute atomic E-state index is 11.8. The Morgan fingerprint density at radius 2 is 1.90 bits per heavy atom. The van der Waals surface area contributed by atoms with Crippen molar-refractivity contribution in [2.45, 2.75) is 38.1 Å². The first-order valence-electron chi connectivity index (χ1n) is 11.4. The van der Waals surface area contributed by atoms with Crippen LogP contribution in [0.2, 0.25) is 0 Å². The highest BCUT2D eigenvalue weighted by molar-refractivity contribution is 7.17. The lowest BCUT2D eigenvalue weighted by molar-refractivity contribution is -0.0251. The molecule has 3 aliphatic rings. The van der Waals surface area contributed by atoms with Crippen LogP contribution in [-0.4, -0.2) is 68.7 Å². The smallest absolute Gasteiger partial charge is 0.317 e. The second-order valence-electron chi connectivity index (χ2n) is 10.0. The van der Waals surface area contributed by atoms with Gasteiger partial charge < -0.3 is 20.0 Å². The lowest BCUT2D eigenvalue weighted by Gasteiger charge is -2.61. The molecule has 0 atom stereocenters. The molecule has 5 nitrogen and oxygen atoms in total. The van der Waals surface area contributed by atoms with Crippen molar-refractivity contribution in [3.63, 3.8) is 0 Å². The molecule has 0 unspecified atom stereocenters. The van der Waals surface area contributed by atoms with E-state index in [1.807, 2.05) is 25.4 Å². The van der Waals surface area contributed by atoms with Crippen LogP contribution < -0.4 is 10.2 Å². The number of likely N-dealkylation sites (tertiary alicyclic amines) is 1. The molecule has 2 amide bonds. The summed E-state index contributed by atoms with van der Waals surface area (Å²) in [7, 11) is 3.62. The molecule has 2 aromatic rings. The number of hydrogen-bond donors (Lipinski definition) is 1. The topological polar surface area (TPSA) is 38.8 Å². The van der Waals surface area contributed by atoms with Crippen LogP contribution in [0, 0.1) is 11.3 Å². The largest absolute Gasteiger partial charge is 0.370 e. The third-order valence-corrected chi connectivity index (χ3v) is 8.30. The van der Waals surface area contributed by atoms with Crippen LogP contribution in [0.15, 0.2) is 29.6 Å². The molecular formula is C24H34N4OS. The van der Waals surface area contributed by atoms with Gasteiger partial charge >= 0.3 is 6.03 Å². The number of carbonyl (C=O) groups excluding carboxylic acids is 1. The summed E-state index contributed by atoms with van der Waals surface area (Å²) in [5.74, 6) is 0.836. The van der Waals surface area contributed by atoms with Crippen molar-refractivity contribution < 1.29 is 4.79 Å². The van der Waals surface area contributed by atoms with Gasteiger partial charge in [-0.15, -0.1) is 11.3 Å². The zero-order valence-electron chi connectivity index (χ0n) is 18.3. The number of thiophene rings is 1. The predicted octanol–water partition coefficient (Wildman–Crippen LogP) is 4.24. The monoisotopic (exact) mass is 426 g/mol. The molecule has 1 aromatic heterocycles. The first-order chi connectivity index (χ1) is 14.5. The number of fused-ring (bicyclic) bond motifs is 1.